The Bertz CT molecular complexity index is 380. The first-order valence-corrected chi connectivity index (χ1v) is 6.88. The van der Waals surface area contributed by atoms with Crippen molar-refractivity contribution < 1.29 is 4.74 Å². The van der Waals surface area contributed by atoms with Crippen molar-refractivity contribution >= 4 is 0 Å². The average molecular weight is 266 g/mol. The van der Waals surface area contributed by atoms with Gasteiger partial charge in [-0.1, -0.05) is 20.8 Å². The molecule has 0 fully saturated rings. The average Bonchev–Trinajstić information content (AvgIpc) is 2.36. The molecule has 0 spiro atoms. The summed E-state index contributed by atoms with van der Waals surface area (Å²) in [6, 6.07) is 0. The van der Waals surface area contributed by atoms with Crippen LogP contribution in [0.2, 0.25) is 0 Å². The molecule has 0 aliphatic carbocycles. The molecule has 0 aliphatic heterocycles. The Labute approximate surface area is 116 Å². The van der Waals surface area contributed by atoms with E-state index in [0.717, 1.165) is 36.9 Å². The molecular formula is C14H26N4O. The number of likely N-dealkylation sites (N-methyl/N-ethyl adjacent to an activating group) is 1. The van der Waals surface area contributed by atoms with Crippen LogP contribution >= 0.6 is 0 Å². The van der Waals surface area contributed by atoms with Gasteiger partial charge in [-0.15, -0.1) is 0 Å². The van der Waals surface area contributed by atoms with Crippen LogP contribution in [0.4, 0.5) is 0 Å². The van der Waals surface area contributed by atoms with Crippen LogP contribution < -0.4 is 10.1 Å². The fraction of sp³-hybridized carbons (Fsp3) is 0.714. The zero-order chi connectivity index (χ0) is 14.3. The molecule has 1 heterocycles. The highest BCUT2D eigenvalue weighted by atomic mass is 16.5. The summed E-state index contributed by atoms with van der Waals surface area (Å²) in [4.78, 5) is 11.1. The maximum atomic E-state index is 5.77. The third kappa shape index (κ3) is 5.53. The van der Waals surface area contributed by atoms with Crippen LogP contribution in [-0.4, -0.2) is 48.7 Å². The van der Waals surface area contributed by atoms with Crippen molar-refractivity contribution in [1.29, 1.82) is 0 Å². The Morgan fingerprint density at radius 3 is 2.68 bits per heavy atom. The van der Waals surface area contributed by atoms with Crippen molar-refractivity contribution in [2.75, 3.05) is 33.8 Å². The van der Waals surface area contributed by atoms with Crippen molar-refractivity contribution in [1.82, 2.24) is 20.2 Å². The lowest BCUT2D eigenvalue weighted by molar-refractivity contribution is 0.257. The first-order chi connectivity index (χ1) is 9.04. The van der Waals surface area contributed by atoms with Crippen LogP contribution in [0.15, 0.2) is 6.20 Å². The van der Waals surface area contributed by atoms with Crippen LogP contribution in [0.1, 0.15) is 38.2 Å². The fourth-order valence-corrected chi connectivity index (χ4v) is 1.53. The van der Waals surface area contributed by atoms with E-state index in [2.05, 4.69) is 41.0 Å². The zero-order valence-electron chi connectivity index (χ0n) is 12.7. The van der Waals surface area contributed by atoms with Gasteiger partial charge in [0.15, 0.2) is 5.75 Å². The van der Waals surface area contributed by atoms with Gasteiger partial charge in [0.1, 0.15) is 12.4 Å². The molecule has 1 rings (SSSR count). The predicted molar refractivity (Wildman–Crippen MR) is 77.6 cm³/mol. The lowest BCUT2D eigenvalue weighted by Gasteiger charge is -2.15. The lowest BCUT2D eigenvalue weighted by Crippen LogP contribution is -2.21. The molecule has 0 aromatic carbocycles. The van der Waals surface area contributed by atoms with E-state index >= 15 is 0 Å². The van der Waals surface area contributed by atoms with Gasteiger partial charge in [-0.25, -0.2) is 9.97 Å². The minimum atomic E-state index is 0.330. The van der Waals surface area contributed by atoms with E-state index in [-0.39, 0.29) is 0 Å². The third-order valence-corrected chi connectivity index (χ3v) is 2.70. The molecule has 5 heteroatoms. The Balaban J connectivity index is 2.76. The standard InChI is InChI=1S/C14H26N4O/c1-6-15-9-12-13(19-8-7-18(4)5)10-16-14(17-12)11(2)3/h10-11,15H,6-9H2,1-5H3. The van der Waals surface area contributed by atoms with E-state index < -0.39 is 0 Å². The van der Waals surface area contributed by atoms with Crippen molar-refractivity contribution in [2.45, 2.75) is 33.2 Å². The molecule has 1 aromatic heterocycles. The Kier molecular flexibility index (Phi) is 6.73. The zero-order valence-corrected chi connectivity index (χ0v) is 12.7. The summed E-state index contributed by atoms with van der Waals surface area (Å²) in [5, 5.41) is 3.29. The summed E-state index contributed by atoms with van der Waals surface area (Å²) in [6.07, 6.45) is 1.80. The van der Waals surface area contributed by atoms with Gasteiger partial charge in [-0.05, 0) is 20.6 Å². The molecule has 5 nitrogen and oxygen atoms in total. The van der Waals surface area contributed by atoms with Gasteiger partial charge < -0.3 is 15.0 Å². The smallest absolute Gasteiger partial charge is 0.160 e. The van der Waals surface area contributed by atoms with Crippen LogP contribution in [0, 0.1) is 0 Å². The van der Waals surface area contributed by atoms with Crippen molar-refractivity contribution in [2.24, 2.45) is 0 Å². The van der Waals surface area contributed by atoms with Gasteiger partial charge in [0.25, 0.3) is 0 Å². The summed E-state index contributed by atoms with van der Waals surface area (Å²) in [5.41, 5.74) is 0.944. The summed E-state index contributed by atoms with van der Waals surface area (Å²) in [6.45, 7) is 9.44. The fourth-order valence-electron chi connectivity index (χ4n) is 1.53. The van der Waals surface area contributed by atoms with Crippen molar-refractivity contribution in [3.8, 4) is 5.75 Å². The first-order valence-electron chi connectivity index (χ1n) is 6.88. The summed E-state index contributed by atoms with van der Waals surface area (Å²) in [7, 11) is 4.06. The van der Waals surface area contributed by atoms with E-state index in [4.69, 9.17) is 4.74 Å². The molecule has 0 amide bonds. The summed E-state index contributed by atoms with van der Waals surface area (Å²) in [5.74, 6) is 1.98. The topological polar surface area (TPSA) is 50.3 Å². The van der Waals surface area contributed by atoms with E-state index in [1.165, 1.54) is 0 Å². The molecule has 0 unspecified atom stereocenters. The molecular weight excluding hydrogens is 240 g/mol. The van der Waals surface area contributed by atoms with Gasteiger partial charge in [0.2, 0.25) is 0 Å². The van der Waals surface area contributed by atoms with E-state index in [9.17, 15) is 0 Å². The molecule has 19 heavy (non-hydrogen) atoms. The van der Waals surface area contributed by atoms with Crippen LogP contribution in [0.25, 0.3) is 0 Å². The second-order valence-corrected chi connectivity index (χ2v) is 5.13. The SMILES string of the molecule is CCNCc1nc(C(C)C)ncc1OCCN(C)C. The van der Waals surface area contributed by atoms with Crippen LogP contribution in [0.5, 0.6) is 5.75 Å². The van der Waals surface area contributed by atoms with E-state index in [1.807, 2.05) is 14.1 Å². The Morgan fingerprint density at radius 2 is 2.11 bits per heavy atom. The van der Waals surface area contributed by atoms with Gasteiger partial charge in [-0.3, -0.25) is 0 Å². The molecule has 0 bridgehead atoms. The second-order valence-electron chi connectivity index (χ2n) is 5.13. The number of hydrogen-bond acceptors (Lipinski definition) is 5. The molecule has 1 aromatic rings. The number of nitrogens with one attached hydrogen (secondary N) is 1. The summed E-state index contributed by atoms with van der Waals surface area (Å²) >= 11 is 0. The lowest BCUT2D eigenvalue weighted by atomic mass is 10.2. The molecule has 1 N–H and O–H groups in total. The van der Waals surface area contributed by atoms with Crippen molar-refractivity contribution in [3.63, 3.8) is 0 Å². The number of rotatable bonds is 8. The molecule has 0 atom stereocenters. The Morgan fingerprint density at radius 1 is 1.37 bits per heavy atom. The maximum absolute atomic E-state index is 5.77. The van der Waals surface area contributed by atoms with Gasteiger partial charge in [0.05, 0.1) is 11.9 Å². The number of ether oxygens (including phenoxy) is 1. The minimum absolute atomic E-state index is 0.330. The highest BCUT2D eigenvalue weighted by Gasteiger charge is 2.10. The first kappa shape index (κ1) is 15.9. The third-order valence-electron chi connectivity index (χ3n) is 2.70. The van der Waals surface area contributed by atoms with Crippen LogP contribution in [-0.2, 0) is 6.54 Å². The number of aromatic nitrogens is 2. The predicted octanol–water partition coefficient (Wildman–Crippen LogP) is 1.65. The van der Waals surface area contributed by atoms with Gasteiger partial charge in [0, 0.05) is 19.0 Å². The normalized spacial score (nSPS) is 11.3. The molecule has 0 radical (unpaired) electrons. The largest absolute Gasteiger partial charge is 0.489 e. The van der Waals surface area contributed by atoms with E-state index in [1.54, 1.807) is 6.20 Å². The minimum Gasteiger partial charge on any atom is -0.489 e. The quantitative estimate of drug-likeness (QED) is 0.775. The molecule has 0 saturated carbocycles. The highest BCUT2D eigenvalue weighted by Crippen LogP contribution is 2.18. The molecule has 108 valence electrons. The molecule has 0 aliphatic rings. The molecule has 0 saturated heterocycles. The van der Waals surface area contributed by atoms with Crippen molar-refractivity contribution in [3.05, 3.63) is 17.7 Å². The number of hydrogen-bond donors (Lipinski definition) is 1. The van der Waals surface area contributed by atoms with Crippen LogP contribution in [0.3, 0.4) is 0 Å². The Hall–Kier alpha value is -1.20. The van der Waals surface area contributed by atoms with Gasteiger partial charge in [-0.2, -0.15) is 0 Å². The monoisotopic (exact) mass is 266 g/mol. The summed E-state index contributed by atoms with van der Waals surface area (Å²) < 4.78 is 5.77. The van der Waals surface area contributed by atoms with Gasteiger partial charge >= 0.3 is 0 Å². The highest BCUT2D eigenvalue weighted by molar-refractivity contribution is 5.25. The van der Waals surface area contributed by atoms with E-state index in [0.29, 0.717) is 12.5 Å². The number of nitrogens with zero attached hydrogens (tertiary/aromatic N) is 3. The maximum Gasteiger partial charge on any atom is 0.160 e. The second kappa shape index (κ2) is 8.07.